The van der Waals surface area contributed by atoms with Crippen molar-refractivity contribution >= 4 is 28.6 Å². The van der Waals surface area contributed by atoms with Gasteiger partial charge in [0.15, 0.2) is 5.16 Å². The quantitative estimate of drug-likeness (QED) is 0.230. The van der Waals surface area contributed by atoms with Gasteiger partial charge in [0.1, 0.15) is 18.0 Å². The van der Waals surface area contributed by atoms with Crippen molar-refractivity contribution < 1.29 is 19.0 Å². The zero-order valence-electron chi connectivity index (χ0n) is 16.3. The van der Waals surface area contributed by atoms with Gasteiger partial charge in [-0.3, -0.25) is 14.2 Å². The maximum atomic E-state index is 12.8. The fraction of sp³-hybridized carbons (Fsp3) is 0.286. The van der Waals surface area contributed by atoms with E-state index in [0.29, 0.717) is 28.4 Å². The Hall–Kier alpha value is -3.00. The van der Waals surface area contributed by atoms with Gasteiger partial charge in [0.2, 0.25) is 0 Å². The number of thioether (sulfide) groups is 1. The highest BCUT2D eigenvalue weighted by Gasteiger charge is 2.14. The van der Waals surface area contributed by atoms with Crippen LogP contribution in [0.3, 0.4) is 0 Å². The molecule has 0 N–H and O–H groups in total. The van der Waals surface area contributed by atoms with E-state index in [1.165, 1.54) is 23.4 Å². The van der Waals surface area contributed by atoms with Gasteiger partial charge in [-0.2, -0.15) is 0 Å². The maximum absolute atomic E-state index is 12.8. The summed E-state index contributed by atoms with van der Waals surface area (Å²) in [4.78, 5) is 29.1. The second-order valence-electron chi connectivity index (χ2n) is 6.10. The highest BCUT2D eigenvalue weighted by molar-refractivity contribution is 7.99. The van der Waals surface area contributed by atoms with E-state index < -0.39 is 5.97 Å². The second-order valence-corrected chi connectivity index (χ2v) is 7.17. The standard InChI is InChI=1S/C21H22N2O5S/c1-26-15-8-10-16(11-9-15)28-12-5-13-29-21-22-18-7-4-3-6-17(18)20(25)23(21)14-19(24)27-2/h3-4,6-11H,5,12-14H2,1-2H3. The average molecular weight is 414 g/mol. The molecule has 1 aromatic heterocycles. The molecule has 0 spiro atoms. The molecule has 0 atom stereocenters. The molecule has 0 bridgehead atoms. The van der Waals surface area contributed by atoms with Crippen LogP contribution in [0.4, 0.5) is 0 Å². The largest absolute Gasteiger partial charge is 0.497 e. The number of aromatic nitrogens is 2. The number of esters is 1. The first kappa shape index (κ1) is 20.7. The SMILES string of the molecule is COC(=O)Cn1c(SCCCOc2ccc(OC)cc2)nc2ccccc2c1=O. The second kappa shape index (κ2) is 9.97. The Balaban J connectivity index is 1.65. The van der Waals surface area contributed by atoms with E-state index in [4.69, 9.17) is 14.2 Å². The van der Waals surface area contributed by atoms with Crippen LogP contribution in [-0.4, -0.2) is 42.1 Å². The lowest BCUT2D eigenvalue weighted by Crippen LogP contribution is -2.27. The number of carbonyl (C=O) groups excluding carboxylic acids is 1. The topological polar surface area (TPSA) is 79.7 Å². The summed E-state index contributed by atoms with van der Waals surface area (Å²) in [5.41, 5.74) is 0.355. The predicted octanol–water partition coefficient (Wildman–Crippen LogP) is 3.14. The number of nitrogens with zero attached hydrogens (tertiary/aromatic N) is 2. The number of hydrogen-bond donors (Lipinski definition) is 0. The lowest BCUT2D eigenvalue weighted by Gasteiger charge is -2.12. The highest BCUT2D eigenvalue weighted by Crippen LogP contribution is 2.20. The molecule has 0 aliphatic heterocycles. The van der Waals surface area contributed by atoms with Crippen molar-refractivity contribution in [2.24, 2.45) is 0 Å². The van der Waals surface area contributed by atoms with Gasteiger partial charge in [-0.25, -0.2) is 4.98 Å². The maximum Gasteiger partial charge on any atom is 0.325 e. The van der Waals surface area contributed by atoms with Gasteiger partial charge in [0.05, 0.1) is 31.7 Å². The Bertz CT molecular complexity index is 1030. The van der Waals surface area contributed by atoms with Crippen molar-refractivity contribution in [2.45, 2.75) is 18.1 Å². The zero-order valence-corrected chi connectivity index (χ0v) is 17.1. The van der Waals surface area contributed by atoms with Crippen molar-refractivity contribution in [2.75, 3.05) is 26.6 Å². The molecule has 2 aromatic carbocycles. The van der Waals surface area contributed by atoms with Crippen LogP contribution in [0.5, 0.6) is 11.5 Å². The molecule has 0 saturated carbocycles. The van der Waals surface area contributed by atoms with Crippen molar-refractivity contribution in [1.29, 1.82) is 0 Å². The van der Waals surface area contributed by atoms with Crippen LogP contribution in [0, 0.1) is 0 Å². The Morgan fingerprint density at radius 2 is 1.79 bits per heavy atom. The number of ether oxygens (including phenoxy) is 3. The molecule has 0 amide bonds. The molecule has 3 aromatic rings. The van der Waals surface area contributed by atoms with Gasteiger partial charge >= 0.3 is 5.97 Å². The number of para-hydroxylation sites is 1. The molecule has 0 fully saturated rings. The minimum atomic E-state index is -0.492. The first-order valence-corrected chi connectivity index (χ1v) is 10.1. The van der Waals surface area contributed by atoms with Gasteiger partial charge < -0.3 is 14.2 Å². The molecular formula is C21H22N2O5S. The molecule has 3 rings (SSSR count). The fourth-order valence-electron chi connectivity index (χ4n) is 2.68. The minimum absolute atomic E-state index is 0.169. The van der Waals surface area contributed by atoms with Crippen LogP contribution in [0.15, 0.2) is 58.5 Å². The Labute approximate surface area is 172 Å². The third-order valence-electron chi connectivity index (χ3n) is 4.19. The normalized spacial score (nSPS) is 10.7. The lowest BCUT2D eigenvalue weighted by molar-refractivity contribution is -0.141. The van der Waals surface area contributed by atoms with Gasteiger partial charge in [0, 0.05) is 5.75 Å². The smallest absolute Gasteiger partial charge is 0.325 e. The molecule has 29 heavy (non-hydrogen) atoms. The first-order chi connectivity index (χ1) is 14.1. The van der Waals surface area contributed by atoms with Crippen LogP contribution in [0.2, 0.25) is 0 Å². The van der Waals surface area contributed by atoms with Crippen molar-refractivity contribution in [1.82, 2.24) is 9.55 Å². The minimum Gasteiger partial charge on any atom is -0.497 e. The molecule has 152 valence electrons. The van der Waals surface area contributed by atoms with Gasteiger partial charge in [-0.05, 0) is 42.8 Å². The first-order valence-electron chi connectivity index (χ1n) is 9.08. The monoisotopic (exact) mass is 414 g/mol. The van der Waals surface area contributed by atoms with E-state index >= 15 is 0 Å². The summed E-state index contributed by atoms with van der Waals surface area (Å²) in [5.74, 6) is 1.73. The number of fused-ring (bicyclic) bond motifs is 1. The van der Waals surface area contributed by atoms with Gasteiger partial charge in [0.25, 0.3) is 5.56 Å². The summed E-state index contributed by atoms with van der Waals surface area (Å²) in [5, 5.41) is 0.965. The van der Waals surface area contributed by atoms with E-state index in [1.807, 2.05) is 30.3 Å². The Morgan fingerprint density at radius 1 is 1.07 bits per heavy atom. The molecule has 0 radical (unpaired) electrons. The number of rotatable bonds is 9. The molecule has 0 aliphatic carbocycles. The Morgan fingerprint density at radius 3 is 2.52 bits per heavy atom. The van der Waals surface area contributed by atoms with Crippen molar-refractivity contribution in [3.8, 4) is 11.5 Å². The Kier molecular flexibility index (Phi) is 7.13. The van der Waals surface area contributed by atoms with E-state index in [2.05, 4.69) is 4.98 Å². The molecule has 8 heteroatoms. The van der Waals surface area contributed by atoms with E-state index in [1.54, 1.807) is 25.3 Å². The van der Waals surface area contributed by atoms with Crippen LogP contribution in [0.25, 0.3) is 10.9 Å². The van der Waals surface area contributed by atoms with E-state index in [0.717, 1.165) is 17.9 Å². The van der Waals surface area contributed by atoms with Crippen LogP contribution < -0.4 is 15.0 Å². The van der Waals surface area contributed by atoms with Crippen molar-refractivity contribution in [3.05, 3.63) is 58.9 Å². The summed E-state index contributed by atoms with van der Waals surface area (Å²) in [7, 11) is 2.92. The van der Waals surface area contributed by atoms with Gasteiger partial charge in [-0.1, -0.05) is 23.9 Å². The summed E-state index contributed by atoms with van der Waals surface area (Å²) < 4.78 is 16.9. The van der Waals surface area contributed by atoms with E-state index in [9.17, 15) is 9.59 Å². The van der Waals surface area contributed by atoms with E-state index in [-0.39, 0.29) is 12.1 Å². The summed E-state index contributed by atoms with van der Waals surface area (Å²) in [6.07, 6.45) is 0.748. The van der Waals surface area contributed by atoms with Crippen LogP contribution >= 0.6 is 11.8 Å². The number of benzene rings is 2. The zero-order chi connectivity index (χ0) is 20.6. The van der Waals surface area contributed by atoms with Crippen molar-refractivity contribution in [3.63, 3.8) is 0 Å². The average Bonchev–Trinajstić information content (AvgIpc) is 2.76. The molecule has 0 saturated heterocycles. The highest BCUT2D eigenvalue weighted by atomic mass is 32.2. The number of hydrogen-bond acceptors (Lipinski definition) is 7. The molecule has 7 nitrogen and oxygen atoms in total. The lowest BCUT2D eigenvalue weighted by atomic mass is 10.2. The summed E-state index contributed by atoms with van der Waals surface area (Å²) in [6.45, 7) is 0.353. The van der Waals surface area contributed by atoms with Crippen LogP contribution in [-0.2, 0) is 16.1 Å². The summed E-state index contributed by atoms with van der Waals surface area (Å²) in [6, 6.07) is 14.5. The third kappa shape index (κ3) is 5.29. The third-order valence-corrected chi connectivity index (χ3v) is 5.25. The molecule has 0 unspecified atom stereocenters. The predicted molar refractivity (Wildman–Crippen MR) is 112 cm³/mol. The van der Waals surface area contributed by atoms with Crippen LogP contribution in [0.1, 0.15) is 6.42 Å². The molecular weight excluding hydrogens is 392 g/mol. The van der Waals surface area contributed by atoms with Gasteiger partial charge in [-0.15, -0.1) is 0 Å². The fourth-order valence-corrected chi connectivity index (χ4v) is 3.59. The molecule has 1 heterocycles. The number of methoxy groups -OCH3 is 2. The summed E-state index contributed by atoms with van der Waals surface area (Å²) >= 11 is 1.41. The molecule has 0 aliphatic rings. The number of carbonyl (C=O) groups is 1.